The van der Waals surface area contributed by atoms with Crippen LogP contribution in [0.1, 0.15) is 5.82 Å². The molecule has 8 nitrogen and oxygen atoms in total. The maximum atomic E-state index is 11.9. The van der Waals surface area contributed by atoms with Gasteiger partial charge >= 0.3 is 0 Å². The average molecular weight is 421 g/mol. The van der Waals surface area contributed by atoms with Crippen molar-refractivity contribution in [1.29, 1.82) is 0 Å². The Morgan fingerprint density at radius 1 is 1.18 bits per heavy atom. The van der Waals surface area contributed by atoms with Gasteiger partial charge in [-0.1, -0.05) is 23.2 Å². The molecule has 0 aliphatic carbocycles. The van der Waals surface area contributed by atoms with Gasteiger partial charge in [0.05, 0.1) is 5.02 Å². The van der Waals surface area contributed by atoms with Gasteiger partial charge in [0.15, 0.2) is 6.61 Å². The Morgan fingerprint density at radius 2 is 2.04 bits per heavy atom. The molecule has 0 spiro atoms. The molecule has 3 aromatic rings. The summed E-state index contributed by atoms with van der Waals surface area (Å²) < 4.78 is 7.24. The molecule has 1 aromatic carbocycles. The molecule has 1 amide bonds. The summed E-state index contributed by atoms with van der Waals surface area (Å²) in [5.41, 5.74) is 0. The summed E-state index contributed by atoms with van der Waals surface area (Å²) in [5, 5.41) is 6.75. The molecule has 2 N–H and O–H groups in total. The number of hydrogen-bond donors (Lipinski definition) is 2. The van der Waals surface area contributed by atoms with Gasteiger partial charge in [-0.25, -0.2) is 15.0 Å². The number of nitrogens with zero attached hydrogens (tertiary/aromatic N) is 4. The summed E-state index contributed by atoms with van der Waals surface area (Å²) in [7, 11) is 0. The summed E-state index contributed by atoms with van der Waals surface area (Å²) in [6.45, 7) is 2.65. The lowest BCUT2D eigenvalue weighted by molar-refractivity contribution is -0.123. The highest BCUT2D eigenvalue weighted by Gasteiger charge is 2.07. The van der Waals surface area contributed by atoms with Crippen LogP contribution in [0, 0.1) is 6.92 Å². The second-order valence-corrected chi connectivity index (χ2v) is 6.59. The van der Waals surface area contributed by atoms with E-state index in [0.717, 1.165) is 5.82 Å². The Morgan fingerprint density at radius 3 is 2.79 bits per heavy atom. The SMILES string of the molecule is Cc1nccn1-c1cc(NCCNC(=O)COc2ccc(Cl)cc2Cl)ncn1. The van der Waals surface area contributed by atoms with Crippen LogP contribution in [-0.4, -0.2) is 45.1 Å². The largest absolute Gasteiger partial charge is 0.482 e. The Bertz CT molecular complexity index is 963. The van der Waals surface area contributed by atoms with Gasteiger partial charge in [0.1, 0.15) is 29.5 Å². The minimum Gasteiger partial charge on any atom is -0.482 e. The van der Waals surface area contributed by atoms with Crippen molar-refractivity contribution >= 4 is 34.9 Å². The lowest BCUT2D eigenvalue weighted by atomic mass is 10.3. The van der Waals surface area contributed by atoms with E-state index in [4.69, 9.17) is 27.9 Å². The van der Waals surface area contributed by atoms with Crippen molar-refractivity contribution in [3.63, 3.8) is 0 Å². The molecule has 0 aliphatic heterocycles. The number of halogens is 2. The molecule has 3 rings (SSSR count). The number of nitrogens with one attached hydrogen (secondary N) is 2. The molecule has 0 atom stereocenters. The van der Waals surface area contributed by atoms with Crippen molar-refractivity contribution in [2.45, 2.75) is 6.92 Å². The molecule has 28 heavy (non-hydrogen) atoms. The fraction of sp³-hybridized carbons (Fsp3) is 0.222. The van der Waals surface area contributed by atoms with Crippen LogP contribution >= 0.6 is 23.2 Å². The first-order valence-corrected chi connectivity index (χ1v) is 9.19. The maximum Gasteiger partial charge on any atom is 0.258 e. The topological polar surface area (TPSA) is 94.0 Å². The van der Waals surface area contributed by atoms with E-state index in [-0.39, 0.29) is 12.5 Å². The van der Waals surface area contributed by atoms with Gasteiger partial charge in [-0.3, -0.25) is 9.36 Å². The van der Waals surface area contributed by atoms with Crippen molar-refractivity contribution in [2.75, 3.05) is 25.0 Å². The van der Waals surface area contributed by atoms with Crippen LogP contribution in [0.3, 0.4) is 0 Å². The van der Waals surface area contributed by atoms with E-state index in [1.807, 2.05) is 23.8 Å². The minimum absolute atomic E-state index is 0.140. The molecule has 0 aliphatic rings. The molecule has 0 unspecified atom stereocenters. The number of aromatic nitrogens is 4. The number of imidazole rings is 1. The van der Waals surface area contributed by atoms with Crippen molar-refractivity contribution in [3.8, 4) is 11.6 Å². The number of ether oxygens (including phenoxy) is 1. The summed E-state index contributed by atoms with van der Waals surface area (Å²) in [5.74, 6) is 2.34. The monoisotopic (exact) mass is 420 g/mol. The molecular weight excluding hydrogens is 403 g/mol. The highest BCUT2D eigenvalue weighted by Crippen LogP contribution is 2.27. The van der Waals surface area contributed by atoms with E-state index >= 15 is 0 Å². The second kappa shape index (κ2) is 9.38. The molecule has 0 fully saturated rings. The van der Waals surface area contributed by atoms with Gasteiger partial charge in [-0.15, -0.1) is 0 Å². The third-order valence-electron chi connectivity index (χ3n) is 3.73. The van der Waals surface area contributed by atoms with Gasteiger partial charge in [0.2, 0.25) is 0 Å². The zero-order chi connectivity index (χ0) is 19.9. The normalized spacial score (nSPS) is 10.5. The average Bonchev–Trinajstić information content (AvgIpc) is 3.11. The van der Waals surface area contributed by atoms with Gasteiger partial charge in [0.25, 0.3) is 5.91 Å². The van der Waals surface area contributed by atoms with Crippen molar-refractivity contribution in [1.82, 2.24) is 24.8 Å². The Labute approximate surface area is 171 Å². The molecule has 0 saturated heterocycles. The van der Waals surface area contributed by atoms with Gasteiger partial charge < -0.3 is 15.4 Å². The third-order valence-corrected chi connectivity index (χ3v) is 4.26. The molecule has 146 valence electrons. The first-order chi connectivity index (χ1) is 13.5. The number of anilines is 1. The minimum atomic E-state index is -0.259. The molecule has 10 heteroatoms. The number of benzene rings is 1. The zero-order valence-corrected chi connectivity index (χ0v) is 16.5. The van der Waals surface area contributed by atoms with Crippen LogP contribution in [0.5, 0.6) is 5.75 Å². The summed E-state index contributed by atoms with van der Waals surface area (Å²) in [4.78, 5) is 24.5. The van der Waals surface area contributed by atoms with Crippen molar-refractivity contribution < 1.29 is 9.53 Å². The van der Waals surface area contributed by atoms with E-state index in [9.17, 15) is 4.79 Å². The summed E-state index contributed by atoms with van der Waals surface area (Å²) >= 11 is 11.8. The first kappa shape index (κ1) is 19.9. The fourth-order valence-corrected chi connectivity index (χ4v) is 2.84. The van der Waals surface area contributed by atoms with Gasteiger partial charge in [-0.2, -0.15) is 0 Å². The molecular formula is C18H18Cl2N6O2. The summed E-state index contributed by atoms with van der Waals surface area (Å²) in [6, 6.07) is 6.63. The highest BCUT2D eigenvalue weighted by atomic mass is 35.5. The van der Waals surface area contributed by atoms with Gasteiger partial charge in [-0.05, 0) is 25.1 Å². The number of amides is 1. The lowest BCUT2D eigenvalue weighted by Gasteiger charge is -2.10. The predicted molar refractivity (Wildman–Crippen MR) is 107 cm³/mol. The molecule has 2 heterocycles. The molecule has 0 radical (unpaired) electrons. The fourth-order valence-electron chi connectivity index (χ4n) is 2.37. The van der Waals surface area contributed by atoms with Gasteiger partial charge in [0, 0.05) is 36.6 Å². The highest BCUT2D eigenvalue weighted by molar-refractivity contribution is 6.35. The van der Waals surface area contributed by atoms with E-state index in [0.29, 0.717) is 40.5 Å². The van der Waals surface area contributed by atoms with Crippen LogP contribution in [-0.2, 0) is 4.79 Å². The Hall–Kier alpha value is -2.84. The molecule has 0 bridgehead atoms. The number of rotatable bonds is 8. The first-order valence-electron chi connectivity index (χ1n) is 8.44. The van der Waals surface area contributed by atoms with Crippen LogP contribution in [0.15, 0.2) is 43.0 Å². The Kier molecular flexibility index (Phi) is 6.67. The van der Waals surface area contributed by atoms with Crippen LogP contribution in [0.2, 0.25) is 10.0 Å². The predicted octanol–water partition coefficient (Wildman–Crippen LogP) is 2.88. The number of carbonyl (C=O) groups is 1. The van der Waals surface area contributed by atoms with E-state index in [2.05, 4.69) is 25.6 Å². The van der Waals surface area contributed by atoms with Crippen molar-refractivity contribution in [2.24, 2.45) is 0 Å². The Balaban J connectivity index is 1.42. The lowest BCUT2D eigenvalue weighted by Crippen LogP contribution is -2.32. The molecule has 2 aromatic heterocycles. The number of hydrogen-bond acceptors (Lipinski definition) is 6. The van der Waals surface area contributed by atoms with Crippen molar-refractivity contribution in [3.05, 3.63) is 58.9 Å². The smallest absolute Gasteiger partial charge is 0.258 e. The van der Waals surface area contributed by atoms with Crippen LogP contribution < -0.4 is 15.4 Å². The molecule has 0 saturated carbocycles. The quantitative estimate of drug-likeness (QED) is 0.544. The van der Waals surface area contributed by atoms with E-state index in [1.165, 1.54) is 6.33 Å². The third kappa shape index (κ3) is 5.34. The van der Waals surface area contributed by atoms with Crippen LogP contribution in [0.4, 0.5) is 5.82 Å². The zero-order valence-electron chi connectivity index (χ0n) is 15.0. The standard InChI is InChI=1S/C18H18Cl2N6O2/c1-12-21-6-7-26(12)17-9-16(24-11-25-17)22-4-5-23-18(27)10-28-15-3-2-13(19)8-14(15)20/h2-3,6-9,11H,4-5,10H2,1H3,(H,23,27)(H,22,24,25). The second-order valence-electron chi connectivity index (χ2n) is 5.75. The van der Waals surface area contributed by atoms with E-state index in [1.54, 1.807) is 24.4 Å². The number of carbonyl (C=O) groups excluding carboxylic acids is 1. The maximum absolute atomic E-state index is 11.9. The number of aryl methyl sites for hydroxylation is 1. The summed E-state index contributed by atoms with van der Waals surface area (Å²) in [6.07, 6.45) is 5.01. The van der Waals surface area contributed by atoms with E-state index < -0.39 is 0 Å². The van der Waals surface area contributed by atoms with Crippen LogP contribution in [0.25, 0.3) is 5.82 Å².